The molecule has 2 aromatic carbocycles. The van der Waals surface area contributed by atoms with Crippen molar-refractivity contribution in [1.29, 1.82) is 0 Å². The van der Waals surface area contributed by atoms with Gasteiger partial charge in [0.2, 0.25) is 11.8 Å². The number of aromatic nitrogens is 1. The van der Waals surface area contributed by atoms with Crippen LogP contribution in [0, 0.1) is 11.7 Å². The smallest absolute Gasteiger partial charge is 0.225 e. The van der Waals surface area contributed by atoms with Gasteiger partial charge in [-0.1, -0.05) is 23.7 Å². The molecular formula is C23H23ClFN3O2. The zero-order valence-electron chi connectivity index (χ0n) is 16.5. The van der Waals surface area contributed by atoms with Crippen LogP contribution in [0.4, 0.5) is 4.39 Å². The van der Waals surface area contributed by atoms with Crippen molar-refractivity contribution < 1.29 is 14.0 Å². The maximum absolute atomic E-state index is 12.9. The number of amides is 2. The topological polar surface area (TPSA) is 65.2 Å². The zero-order chi connectivity index (χ0) is 21.1. The Hall–Kier alpha value is -2.86. The Bertz CT molecular complexity index is 1060. The van der Waals surface area contributed by atoms with Crippen molar-refractivity contribution >= 4 is 34.3 Å². The van der Waals surface area contributed by atoms with E-state index in [-0.39, 0.29) is 30.0 Å². The van der Waals surface area contributed by atoms with E-state index in [1.165, 1.54) is 12.1 Å². The van der Waals surface area contributed by atoms with Gasteiger partial charge in [-0.3, -0.25) is 9.59 Å². The lowest BCUT2D eigenvalue weighted by molar-refractivity contribution is -0.129. The van der Waals surface area contributed by atoms with Gasteiger partial charge in [0, 0.05) is 48.2 Å². The predicted molar refractivity (Wildman–Crippen MR) is 115 cm³/mol. The molecule has 2 N–H and O–H groups in total. The quantitative estimate of drug-likeness (QED) is 0.603. The zero-order valence-corrected chi connectivity index (χ0v) is 17.2. The molecule has 0 aliphatic carbocycles. The van der Waals surface area contributed by atoms with Crippen LogP contribution in [0.25, 0.3) is 10.9 Å². The van der Waals surface area contributed by atoms with Crippen LogP contribution in [0.3, 0.4) is 0 Å². The molecule has 1 unspecified atom stereocenters. The highest BCUT2D eigenvalue weighted by Gasteiger charge is 2.33. The molecule has 5 nitrogen and oxygen atoms in total. The van der Waals surface area contributed by atoms with Gasteiger partial charge in [0.05, 0.1) is 5.92 Å². The van der Waals surface area contributed by atoms with Crippen LogP contribution < -0.4 is 5.32 Å². The summed E-state index contributed by atoms with van der Waals surface area (Å²) in [5.74, 6) is -0.704. The molecule has 1 aromatic heterocycles. The summed E-state index contributed by atoms with van der Waals surface area (Å²) in [6.07, 6.45) is 3.51. The number of carbonyl (C=O) groups excluding carboxylic acids is 2. The first-order valence-electron chi connectivity index (χ1n) is 10.0. The van der Waals surface area contributed by atoms with Crippen LogP contribution in [-0.4, -0.2) is 41.3 Å². The molecule has 1 saturated heterocycles. The van der Waals surface area contributed by atoms with Crippen molar-refractivity contribution in [3.05, 3.63) is 70.6 Å². The number of nitrogens with one attached hydrogen (secondary N) is 2. The number of halogens is 2. The highest BCUT2D eigenvalue weighted by atomic mass is 35.5. The van der Waals surface area contributed by atoms with Gasteiger partial charge >= 0.3 is 0 Å². The average molecular weight is 428 g/mol. The fourth-order valence-electron chi connectivity index (χ4n) is 3.90. The second-order valence-electron chi connectivity index (χ2n) is 7.66. The van der Waals surface area contributed by atoms with E-state index in [2.05, 4.69) is 10.3 Å². The Balaban J connectivity index is 1.27. The highest BCUT2D eigenvalue weighted by molar-refractivity contribution is 6.31. The number of likely N-dealkylation sites (tertiary alicyclic amines) is 1. The Morgan fingerprint density at radius 2 is 2.00 bits per heavy atom. The van der Waals surface area contributed by atoms with Gasteiger partial charge in [0.25, 0.3) is 0 Å². The van der Waals surface area contributed by atoms with Crippen LogP contribution in [0.1, 0.15) is 17.5 Å². The molecule has 7 heteroatoms. The summed E-state index contributed by atoms with van der Waals surface area (Å²) in [7, 11) is 0. The molecule has 1 fully saturated rings. The van der Waals surface area contributed by atoms with Crippen LogP contribution in [-0.2, 0) is 22.4 Å². The molecule has 2 heterocycles. The average Bonchev–Trinajstić information content (AvgIpc) is 3.30. The van der Waals surface area contributed by atoms with Crippen molar-refractivity contribution in [1.82, 2.24) is 15.2 Å². The van der Waals surface area contributed by atoms with E-state index in [9.17, 15) is 14.0 Å². The molecule has 0 spiro atoms. The van der Waals surface area contributed by atoms with Crippen LogP contribution in [0.5, 0.6) is 0 Å². The van der Waals surface area contributed by atoms with Crippen molar-refractivity contribution in [2.24, 2.45) is 5.92 Å². The first kappa shape index (κ1) is 20.4. The number of carbonyl (C=O) groups is 2. The Labute approximate surface area is 179 Å². The molecular weight excluding hydrogens is 405 g/mol. The van der Waals surface area contributed by atoms with Gasteiger partial charge in [-0.15, -0.1) is 0 Å². The maximum atomic E-state index is 12.9. The van der Waals surface area contributed by atoms with Crippen molar-refractivity contribution in [2.75, 3.05) is 19.6 Å². The largest absolute Gasteiger partial charge is 0.361 e. The van der Waals surface area contributed by atoms with E-state index >= 15 is 0 Å². The number of rotatable bonds is 7. The maximum Gasteiger partial charge on any atom is 0.225 e. The third kappa shape index (κ3) is 4.65. The summed E-state index contributed by atoms with van der Waals surface area (Å²) in [5, 5.41) is 4.64. The summed E-state index contributed by atoms with van der Waals surface area (Å²) in [6, 6.07) is 11.9. The molecule has 156 valence electrons. The molecule has 0 bridgehead atoms. The van der Waals surface area contributed by atoms with Crippen LogP contribution >= 0.6 is 11.6 Å². The minimum atomic E-state index is -0.330. The third-order valence-electron chi connectivity index (χ3n) is 5.59. The number of aromatic amines is 1. The summed E-state index contributed by atoms with van der Waals surface area (Å²) in [5.41, 5.74) is 3.08. The summed E-state index contributed by atoms with van der Waals surface area (Å²) >= 11 is 6.10. The molecule has 0 radical (unpaired) electrons. The van der Waals surface area contributed by atoms with E-state index in [1.54, 1.807) is 17.0 Å². The lowest BCUT2D eigenvalue weighted by Crippen LogP contribution is -2.34. The SMILES string of the molecule is O=C(NCCc1ccc(F)cc1)C1CC(=O)N(CCc2c[nH]c3ccc(Cl)cc23)C1. The van der Waals surface area contributed by atoms with Gasteiger partial charge < -0.3 is 15.2 Å². The molecule has 30 heavy (non-hydrogen) atoms. The number of fused-ring (bicyclic) bond motifs is 1. The fraction of sp³-hybridized carbons (Fsp3) is 0.304. The summed E-state index contributed by atoms with van der Waals surface area (Å²) < 4.78 is 12.9. The number of hydrogen-bond acceptors (Lipinski definition) is 2. The highest BCUT2D eigenvalue weighted by Crippen LogP contribution is 2.24. The van der Waals surface area contributed by atoms with E-state index < -0.39 is 0 Å². The number of H-pyrrole nitrogens is 1. The Morgan fingerprint density at radius 1 is 1.20 bits per heavy atom. The first-order valence-corrected chi connectivity index (χ1v) is 10.4. The number of nitrogens with zero attached hydrogens (tertiary/aromatic N) is 1. The lowest BCUT2D eigenvalue weighted by atomic mass is 10.1. The van der Waals surface area contributed by atoms with Crippen molar-refractivity contribution in [2.45, 2.75) is 19.3 Å². The lowest BCUT2D eigenvalue weighted by Gasteiger charge is -2.16. The van der Waals surface area contributed by atoms with Crippen LogP contribution in [0.2, 0.25) is 5.02 Å². The van der Waals surface area contributed by atoms with Gasteiger partial charge in [-0.25, -0.2) is 4.39 Å². The van der Waals surface area contributed by atoms with Gasteiger partial charge in [-0.05, 0) is 54.3 Å². The minimum absolute atomic E-state index is 0.00607. The molecule has 4 rings (SSSR count). The summed E-state index contributed by atoms with van der Waals surface area (Å²) in [4.78, 5) is 29.8. The molecule has 3 aromatic rings. The molecule has 1 aliphatic heterocycles. The van der Waals surface area contributed by atoms with E-state index in [4.69, 9.17) is 11.6 Å². The molecule has 2 amide bonds. The van der Waals surface area contributed by atoms with Gasteiger partial charge in [0.15, 0.2) is 0 Å². The van der Waals surface area contributed by atoms with E-state index in [0.29, 0.717) is 37.5 Å². The second kappa shape index (κ2) is 8.88. The van der Waals surface area contributed by atoms with E-state index in [1.807, 2.05) is 24.4 Å². The second-order valence-corrected chi connectivity index (χ2v) is 8.10. The normalized spacial score (nSPS) is 16.4. The Morgan fingerprint density at radius 3 is 2.80 bits per heavy atom. The van der Waals surface area contributed by atoms with Gasteiger partial charge in [-0.2, -0.15) is 0 Å². The molecule has 1 aliphatic rings. The minimum Gasteiger partial charge on any atom is -0.361 e. The van der Waals surface area contributed by atoms with Crippen LogP contribution in [0.15, 0.2) is 48.7 Å². The predicted octanol–water partition coefficient (Wildman–Crippen LogP) is 3.71. The van der Waals surface area contributed by atoms with E-state index in [0.717, 1.165) is 22.0 Å². The molecule has 0 saturated carbocycles. The standard InChI is InChI=1S/C23H23ClFN3O2/c24-18-3-6-21-20(12-18)16(13-27-21)8-10-28-14-17(11-22(28)29)23(30)26-9-7-15-1-4-19(25)5-2-15/h1-6,12-13,17,27H,7-11,14H2,(H,26,30). The monoisotopic (exact) mass is 427 g/mol. The summed E-state index contributed by atoms with van der Waals surface area (Å²) in [6.45, 7) is 1.47. The third-order valence-corrected chi connectivity index (χ3v) is 5.83. The number of hydrogen-bond donors (Lipinski definition) is 2. The fourth-order valence-corrected chi connectivity index (χ4v) is 4.07. The number of benzene rings is 2. The van der Waals surface area contributed by atoms with Crippen molar-refractivity contribution in [3.63, 3.8) is 0 Å². The first-order chi connectivity index (χ1) is 14.5. The van der Waals surface area contributed by atoms with Crippen molar-refractivity contribution in [3.8, 4) is 0 Å². The molecule has 1 atom stereocenters. The Kier molecular flexibility index (Phi) is 6.04. The van der Waals surface area contributed by atoms with Gasteiger partial charge in [0.1, 0.15) is 5.82 Å².